The molecule has 1 amide bonds. The highest BCUT2D eigenvalue weighted by molar-refractivity contribution is 6.35. The minimum Gasteiger partial charge on any atom is -0.337 e. The van der Waals surface area contributed by atoms with Crippen LogP contribution < -0.4 is 5.69 Å². The van der Waals surface area contributed by atoms with Crippen molar-refractivity contribution in [2.45, 2.75) is 19.5 Å². The maximum absolute atomic E-state index is 12.6. The van der Waals surface area contributed by atoms with Crippen LogP contribution in [0.4, 0.5) is 0 Å². The van der Waals surface area contributed by atoms with Gasteiger partial charge in [-0.1, -0.05) is 35.3 Å². The van der Waals surface area contributed by atoms with Gasteiger partial charge in [-0.3, -0.25) is 9.20 Å². The van der Waals surface area contributed by atoms with Gasteiger partial charge in [0.05, 0.1) is 6.04 Å². The third kappa shape index (κ3) is 3.41. The van der Waals surface area contributed by atoms with Crippen molar-refractivity contribution in [3.05, 3.63) is 68.7 Å². The van der Waals surface area contributed by atoms with Crippen molar-refractivity contribution in [1.82, 2.24) is 19.1 Å². The average molecular weight is 379 g/mol. The summed E-state index contributed by atoms with van der Waals surface area (Å²) in [5.41, 5.74) is 0.926. The van der Waals surface area contributed by atoms with Gasteiger partial charge in [0.25, 0.3) is 0 Å². The molecule has 8 heteroatoms. The number of nitrogens with zero attached hydrogens (tertiary/aromatic N) is 4. The maximum atomic E-state index is 12.6. The number of carbonyl (C=O) groups is 1. The molecule has 1 unspecified atom stereocenters. The van der Waals surface area contributed by atoms with Gasteiger partial charge < -0.3 is 4.90 Å². The van der Waals surface area contributed by atoms with Crippen LogP contribution in [0.25, 0.3) is 5.65 Å². The molecule has 25 heavy (non-hydrogen) atoms. The quantitative estimate of drug-likeness (QED) is 0.700. The Hall–Kier alpha value is -2.31. The summed E-state index contributed by atoms with van der Waals surface area (Å²) in [7, 11) is 1.67. The first kappa shape index (κ1) is 17.5. The van der Waals surface area contributed by atoms with Gasteiger partial charge in [0.1, 0.15) is 6.54 Å². The van der Waals surface area contributed by atoms with Crippen molar-refractivity contribution < 1.29 is 4.79 Å². The fourth-order valence-electron chi connectivity index (χ4n) is 2.58. The summed E-state index contributed by atoms with van der Waals surface area (Å²) in [6, 6.07) is 10.1. The van der Waals surface area contributed by atoms with Crippen LogP contribution in [-0.4, -0.2) is 32.0 Å². The summed E-state index contributed by atoms with van der Waals surface area (Å²) in [4.78, 5) is 26.4. The molecule has 6 nitrogen and oxygen atoms in total. The summed E-state index contributed by atoms with van der Waals surface area (Å²) < 4.78 is 2.55. The summed E-state index contributed by atoms with van der Waals surface area (Å²) >= 11 is 12.1. The van der Waals surface area contributed by atoms with Crippen molar-refractivity contribution in [2.75, 3.05) is 7.05 Å². The molecular formula is C17H16Cl2N4O2. The second-order valence-electron chi connectivity index (χ2n) is 5.72. The van der Waals surface area contributed by atoms with E-state index in [1.54, 1.807) is 49.6 Å². The third-order valence-corrected chi connectivity index (χ3v) is 4.72. The molecular weight excluding hydrogens is 363 g/mol. The predicted octanol–water partition coefficient (Wildman–Crippen LogP) is 3.02. The molecule has 0 aliphatic rings. The van der Waals surface area contributed by atoms with Gasteiger partial charge >= 0.3 is 5.69 Å². The summed E-state index contributed by atoms with van der Waals surface area (Å²) in [5, 5.41) is 5.20. The van der Waals surface area contributed by atoms with Crippen LogP contribution >= 0.6 is 23.2 Å². The molecule has 0 saturated heterocycles. The van der Waals surface area contributed by atoms with Crippen molar-refractivity contribution in [3.8, 4) is 0 Å². The highest BCUT2D eigenvalue weighted by atomic mass is 35.5. The number of benzene rings is 1. The number of pyridine rings is 1. The molecule has 1 atom stereocenters. The Morgan fingerprint density at radius 2 is 2.04 bits per heavy atom. The molecule has 0 N–H and O–H groups in total. The fraction of sp³-hybridized carbons (Fsp3) is 0.235. The zero-order valence-electron chi connectivity index (χ0n) is 13.7. The van der Waals surface area contributed by atoms with Crippen molar-refractivity contribution in [3.63, 3.8) is 0 Å². The van der Waals surface area contributed by atoms with E-state index < -0.39 is 0 Å². The van der Waals surface area contributed by atoms with Crippen molar-refractivity contribution >= 4 is 34.8 Å². The van der Waals surface area contributed by atoms with Crippen molar-refractivity contribution in [1.29, 1.82) is 0 Å². The fourth-order valence-corrected chi connectivity index (χ4v) is 3.14. The molecule has 2 heterocycles. The Morgan fingerprint density at radius 1 is 1.28 bits per heavy atom. The second kappa shape index (κ2) is 6.90. The Kier molecular flexibility index (Phi) is 4.83. The van der Waals surface area contributed by atoms with Gasteiger partial charge in [-0.05, 0) is 36.8 Å². The second-order valence-corrected chi connectivity index (χ2v) is 6.56. The van der Waals surface area contributed by atoms with E-state index >= 15 is 0 Å². The van der Waals surface area contributed by atoms with E-state index in [0.717, 1.165) is 10.2 Å². The highest BCUT2D eigenvalue weighted by Crippen LogP contribution is 2.29. The van der Waals surface area contributed by atoms with Gasteiger partial charge in [-0.15, -0.1) is 5.10 Å². The Bertz CT molecular complexity index is 996. The van der Waals surface area contributed by atoms with Crippen LogP contribution in [0.2, 0.25) is 10.0 Å². The predicted molar refractivity (Wildman–Crippen MR) is 97.1 cm³/mol. The lowest BCUT2D eigenvalue weighted by Gasteiger charge is -2.26. The van der Waals surface area contributed by atoms with E-state index in [9.17, 15) is 9.59 Å². The molecule has 0 saturated carbocycles. The van der Waals surface area contributed by atoms with Crippen LogP contribution in [0.3, 0.4) is 0 Å². The number of aromatic nitrogens is 3. The zero-order chi connectivity index (χ0) is 18.1. The van der Waals surface area contributed by atoms with Gasteiger partial charge in [0.2, 0.25) is 5.91 Å². The number of halogens is 2. The Balaban J connectivity index is 1.82. The van der Waals surface area contributed by atoms with Gasteiger partial charge in [0, 0.05) is 23.3 Å². The van der Waals surface area contributed by atoms with Gasteiger partial charge in [-0.2, -0.15) is 0 Å². The largest absolute Gasteiger partial charge is 0.350 e. The summed E-state index contributed by atoms with van der Waals surface area (Å²) in [5.74, 6) is -0.246. The van der Waals surface area contributed by atoms with Gasteiger partial charge in [-0.25, -0.2) is 9.48 Å². The van der Waals surface area contributed by atoms with Crippen LogP contribution in [0, 0.1) is 0 Å². The molecule has 2 aromatic heterocycles. The maximum Gasteiger partial charge on any atom is 0.350 e. The lowest BCUT2D eigenvalue weighted by atomic mass is 10.1. The Labute approximate surface area is 154 Å². The van der Waals surface area contributed by atoms with E-state index in [1.807, 2.05) is 6.92 Å². The number of likely N-dealkylation sites (N-methyl/N-ethyl adjacent to an activating group) is 1. The van der Waals surface area contributed by atoms with Crippen molar-refractivity contribution in [2.24, 2.45) is 0 Å². The normalized spacial score (nSPS) is 12.3. The van der Waals surface area contributed by atoms with Crippen LogP contribution in [0.15, 0.2) is 47.4 Å². The topological polar surface area (TPSA) is 59.6 Å². The number of carbonyl (C=O) groups excluding carboxylic acids is 1. The van der Waals surface area contributed by atoms with E-state index in [0.29, 0.717) is 15.7 Å². The first-order chi connectivity index (χ1) is 11.9. The molecule has 0 aliphatic heterocycles. The lowest BCUT2D eigenvalue weighted by Crippen LogP contribution is -2.35. The molecule has 0 aliphatic carbocycles. The molecule has 0 spiro atoms. The zero-order valence-corrected chi connectivity index (χ0v) is 15.2. The molecule has 3 aromatic rings. The highest BCUT2D eigenvalue weighted by Gasteiger charge is 2.21. The number of rotatable bonds is 4. The minimum atomic E-state index is -0.352. The van der Waals surface area contributed by atoms with E-state index in [2.05, 4.69) is 5.10 Å². The standard InChI is InChI=1S/C17H16Cl2N4O2/c1-11(13-7-6-12(18)9-14(13)19)21(2)16(24)10-23-17(25)22-8-4-3-5-15(22)20-23/h3-9,11H,10H2,1-2H3. The SMILES string of the molecule is CC(c1ccc(Cl)cc1Cl)N(C)C(=O)Cn1nc2ccccn2c1=O. The molecule has 1 aromatic carbocycles. The molecule has 130 valence electrons. The number of hydrogen-bond acceptors (Lipinski definition) is 3. The molecule has 0 radical (unpaired) electrons. The first-order valence-corrected chi connectivity index (χ1v) is 8.39. The molecule has 0 bridgehead atoms. The molecule has 3 rings (SSSR count). The summed E-state index contributed by atoms with van der Waals surface area (Å²) in [6.45, 7) is 1.71. The van der Waals surface area contributed by atoms with E-state index in [4.69, 9.17) is 23.2 Å². The number of hydrogen-bond donors (Lipinski definition) is 0. The van der Waals surface area contributed by atoms with E-state index in [1.165, 1.54) is 9.30 Å². The first-order valence-electron chi connectivity index (χ1n) is 7.63. The average Bonchev–Trinajstić information content (AvgIpc) is 2.90. The van der Waals surface area contributed by atoms with Crippen LogP contribution in [0.1, 0.15) is 18.5 Å². The Morgan fingerprint density at radius 3 is 2.72 bits per heavy atom. The van der Waals surface area contributed by atoms with E-state index in [-0.39, 0.29) is 24.2 Å². The van der Waals surface area contributed by atoms with Crippen LogP contribution in [-0.2, 0) is 11.3 Å². The minimum absolute atomic E-state index is 0.146. The number of amides is 1. The number of fused-ring (bicyclic) bond motifs is 1. The smallest absolute Gasteiger partial charge is 0.337 e. The van der Waals surface area contributed by atoms with Gasteiger partial charge in [0.15, 0.2) is 5.65 Å². The summed E-state index contributed by atoms with van der Waals surface area (Å²) in [6.07, 6.45) is 1.62. The lowest BCUT2D eigenvalue weighted by molar-refractivity contribution is -0.132. The van der Waals surface area contributed by atoms with Crippen LogP contribution in [0.5, 0.6) is 0 Å². The molecule has 0 fully saturated rings. The third-order valence-electron chi connectivity index (χ3n) is 4.16. The monoisotopic (exact) mass is 378 g/mol.